The maximum Gasteiger partial charge on any atom is 0.237 e. The first-order valence-electron chi connectivity index (χ1n) is 7.71. The SMILES string of the molecule is CNCC(=O)N(C)C1(c2ccccc2)Cc2ccccc2C1.Cl. The normalized spacial score (nSPS) is 14.7. The Bertz CT molecular complexity index is 647. The standard InChI is InChI=1S/C19H22N2O.ClH/c1-20-14-18(22)21(2)19(17-10-4-3-5-11-17)12-15-8-6-7-9-16(15)13-19;/h3-11,20H,12-14H2,1-2H3;1H. The molecule has 1 aliphatic rings. The molecule has 2 aromatic rings. The summed E-state index contributed by atoms with van der Waals surface area (Å²) in [5, 5.41) is 2.97. The highest BCUT2D eigenvalue weighted by molar-refractivity contribution is 5.85. The summed E-state index contributed by atoms with van der Waals surface area (Å²) in [7, 11) is 3.74. The van der Waals surface area contributed by atoms with Crippen LogP contribution in [0, 0.1) is 0 Å². The fraction of sp³-hybridized carbons (Fsp3) is 0.316. The fourth-order valence-corrected chi connectivity index (χ4v) is 3.49. The van der Waals surface area contributed by atoms with E-state index in [0.29, 0.717) is 6.54 Å². The molecule has 0 aliphatic heterocycles. The first-order valence-corrected chi connectivity index (χ1v) is 7.71. The zero-order valence-corrected chi connectivity index (χ0v) is 14.4. The number of hydrogen-bond acceptors (Lipinski definition) is 2. The van der Waals surface area contributed by atoms with Gasteiger partial charge in [0.1, 0.15) is 0 Å². The topological polar surface area (TPSA) is 32.3 Å². The predicted octanol–water partition coefficient (Wildman–Crippen LogP) is 2.78. The largest absolute Gasteiger partial charge is 0.334 e. The molecular formula is C19H23ClN2O. The Morgan fingerprint density at radius 1 is 1.04 bits per heavy atom. The highest BCUT2D eigenvalue weighted by atomic mass is 35.5. The molecule has 0 heterocycles. The van der Waals surface area contributed by atoms with Crippen molar-refractivity contribution in [1.82, 2.24) is 10.2 Å². The monoisotopic (exact) mass is 330 g/mol. The second-order valence-corrected chi connectivity index (χ2v) is 6.00. The van der Waals surface area contributed by atoms with Crippen LogP contribution in [-0.2, 0) is 23.2 Å². The molecule has 0 saturated carbocycles. The molecule has 122 valence electrons. The minimum atomic E-state index is -0.279. The van der Waals surface area contributed by atoms with Gasteiger partial charge < -0.3 is 10.2 Å². The van der Waals surface area contributed by atoms with Crippen LogP contribution in [0.3, 0.4) is 0 Å². The molecule has 1 amide bonds. The molecule has 0 atom stereocenters. The summed E-state index contributed by atoms with van der Waals surface area (Å²) in [6, 6.07) is 18.9. The van der Waals surface area contributed by atoms with Crippen LogP contribution in [0.2, 0.25) is 0 Å². The Balaban J connectivity index is 0.00000192. The number of benzene rings is 2. The Labute approximate surface area is 144 Å². The molecule has 0 unspecified atom stereocenters. The first-order chi connectivity index (χ1) is 10.7. The van der Waals surface area contributed by atoms with Gasteiger partial charge in [-0.15, -0.1) is 12.4 Å². The Kier molecular flexibility index (Phi) is 5.45. The molecule has 3 rings (SSSR count). The van der Waals surface area contributed by atoms with Crippen LogP contribution in [0.15, 0.2) is 54.6 Å². The molecule has 1 aliphatic carbocycles. The number of carbonyl (C=O) groups is 1. The summed E-state index contributed by atoms with van der Waals surface area (Å²) in [6.07, 6.45) is 1.75. The molecule has 0 fully saturated rings. The summed E-state index contributed by atoms with van der Waals surface area (Å²) < 4.78 is 0. The minimum Gasteiger partial charge on any atom is -0.334 e. The zero-order chi connectivity index (χ0) is 15.6. The van der Waals surface area contributed by atoms with Crippen LogP contribution in [0.25, 0.3) is 0 Å². The van der Waals surface area contributed by atoms with E-state index in [1.165, 1.54) is 16.7 Å². The maximum absolute atomic E-state index is 12.5. The Morgan fingerprint density at radius 2 is 1.57 bits per heavy atom. The number of nitrogens with one attached hydrogen (secondary N) is 1. The van der Waals surface area contributed by atoms with Gasteiger partial charge in [0.05, 0.1) is 12.1 Å². The zero-order valence-electron chi connectivity index (χ0n) is 13.6. The molecule has 4 heteroatoms. The van der Waals surface area contributed by atoms with E-state index < -0.39 is 0 Å². The van der Waals surface area contributed by atoms with Crippen molar-refractivity contribution in [3.05, 3.63) is 71.3 Å². The third kappa shape index (κ3) is 3.12. The quantitative estimate of drug-likeness (QED) is 0.935. The number of hydrogen-bond donors (Lipinski definition) is 1. The van der Waals surface area contributed by atoms with E-state index in [2.05, 4.69) is 53.8 Å². The summed E-state index contributed by atoms with van der Waals surface area (Å²) in [4.78, 5) is 14.5. The molecule has 3 nitrogen and oxygen atoms in total. The van der Waals surface area contributed by atoms with Gasteiger partial charge >= 0.3 is 0 Å². The van der Waals surface area contributed by atoms with Gasteiger partial charge in [-0.05, 0) is 23.7 Å². The number of nitrogens with zero attached hydrogens (tertiary/aromatic N) is 1. The van der Waals surface area contributed by atoms with Crippen LogP contribution >= 0.6 is 12.4 Å². The van der Waals surface area contributed by atoms with Gasteiger partial charge in [-0.25, -0.2) is 0 Å². The van der Waals surface area contributed by atoms with E-state index in [1.807, 2.05) is 25.1 Å². The second kappa shape index (κ2) is 7.16. The molecule has 0 bridgehead atoms. The average molecular weight is 331 g/mol. The van der Waals surface area contributed by atoms with Gasteiger partial charge in [-0.2, -0.15) is 0 Å². The average Bonchev–Trinajstić information content (AvgIpc) is 2.96. The minimum absolute atomic E-state index is 0. The van der Waals surface area contributed by atoms with Crippen LogP contribution in [-0.4, -0.2) is 31.4 Å². The Hall–Kier alpha value is -1.84. The molecule has 0 radical (unpaired) electrons. The number of rotatable bonds is 4. The van der Waals surface area contributed by atoms with Gasteiger partial charge in [0.2, 0.25) is 5.91 Å². The van der Waals surface area contributed by atoms with Crippen molar-refractivity contribution in [1.29, 1.82) is 0 Å². The number of likely N-dealkylation sites (N-methyl/N-ethyl adjacent to an activating group) is 2. The van der Waals surface area contributed by atoms with E-state index >= 15 is 0 Å². The second-order valence-electron chi connectivity index (χ2n) is 6.00. The third-order valence-electron chi connectivity index (χ3n) is 4.74. The van der Waals surface area contributed by atoms with E-state index in [4.69, 9.17) is 0 Å². The number of carbonyl (C=O) groups excluding carboxylic acids is 1. The third-order valence-corrected chi connectivity index (χ3v) is 4.74. The van der Waals surface area contributed by atoms with E-state index in [0.717, 1.165) is 12.8 Å². The molecule has 23 heavy (non-hydrogen) atoms. The molecular weight excluding hydrogens is 308 g/mol. The molecule has 1 N–H and O–H groups in total. The van der Waals surface area contributed by atoms with E-state index in [9.17, 15) is 4.79 Å². The maximum atomic E-state index is 12.5. The lowest BCUT2D eigenvalue weighted by Crippen LogP contribution is -2.50. The van der Waals surface area contributed by atoms with Gasteiger partial charge in [0.15, 0.2) is 0 Å². The van der Waals surface area contributed by atoms with Crippen molar-refractivity contribution in [3.63, 3.8) is 0 Å². The number of halogens is 1. The van der Waals surface area contributed by atoms with Crippen molar-refractivity contribution in [2.24, 2.45) is 0 Å². The van der Waals surface area contributed by atoms with E-state index in [1.54, 1.807) is 0 Å². The molecule has 2 aromatic carbocycles. The molecule has 0 saturated heterocycles. The van der Waals surface area contributed by atoms with Crippen molar-refractivity contribution in [2.75, 3.05) is 20.6 Å². The lowest BCUT2D eigenvalue weighted by molar-refractivity contribution is -0.134. The lowest BCUT2D eigenvalue weighted by atomic mass is 9.85. The number of amides is 1. The lowest BCUT2D eigenvalue weighted by Gasteiger charge is -2.39. The van der Waals surface area contributed by atoms with Crippen molar-refractivity contribution >= 4 is 18.3 Å². The Morgan fingerprint density at radius 3 is 2.09 bits per heavy atom. The first kappa shape index (κ1) is 17.5. The summed E-state index contributed by atoms with van der Waals surface area (Å²) in [5.41, 5.74) is 3.61. The predicted molar refractivity (Wildman–Crippen MR) is 95.9 cm³/mol. The van der Waals surface area contributed by atoms with Gasteiger partial charge in [-0.1, -0.05) is 54.6 Å². The van der Waals surface area contributed by atoms with Gasteiger partial charge in [0.25, 0.3) is 0 Å². The highest BCUT2D eigenvalue weighted by Crippen LogP contribution is 2.41. The van der Waals surface area contributed by atoms with Crippen LogP contribution in [0.1, 0.15) is 16.7 Å². The van der Waals surface area contributed by atoms with Gasteiger partial charge in [0, 0.05) is 19.9 Å². The number of fused-ring (bicyclic) bond motifs is 1. The van der Waals surface area contributed by atoms with Crippen LogP contribution in [0.5, 0.6) is 0 Å². The van der Waals surface area contributed by atoms with Crippen LogP contribution in [0.4, 0.5) is 0 Å². The summed E-state index contributed by atoms with van der Waals surface area (Å²) >= 11 is 0. The van der Waals surface area contributed by atoms with E-state index in [-0.39, 0.29) is 23.9 Å². The van der Waals surface area contributed by atoms with Crippen LogP contribution < -0.4 is 5.32 Å². The fourth-order valence-electron chi connectivity index (χ4n) is 3.49. The van der Waals surface area contributed by atoms with Gasteiger partial charge in [-0.3, -0.25) is 4.79 Å². The smallest absolute Gasteiger partial charge is 0.237 e. The van der Waals surface area contributed by atoms with Crippen molar-refractivity contribution in [3.8, 4) is 0 Å². The van der Waals surface area contributed by atoms with Crippen molar-refractivity contribution < 1.29 is 4.79 Å². The van der Waals surface area contributed by atoms with Crippen molar-refractivity contribution in [2.45, 2.75) is 18.4 Å². The summed E-state index contributed by atoms with van der Waals surface area (Å²) in [5.74, 6) is 0.124. The molecule has 0 spiro atoms. The summed E-state index contributed by atoms with van der Waals surface area (Å²) in [6.45, 7) is 0.363. The molecule has 0 aromatic heterocycles. The highest BCUT2D eigenvalue weighted by Gasteiger charge is 2.43.